The van der Waals surface area contributed by atoms with Crippen LogP contribution in [0.2, 0.25) is 0 Å². The lowest BCUT2D eigenvalue weighted by atomic mass is 9.99. The smallest absolute Gasteiger partial charge is 0.223 e. The third kappa shape index (κ3) is 2.43. The quantitative estimate of drug-likeness (QED) is 0.716. The van der Waals surface area contributed by atoms with E-state index in [0.29, 0.717) is 6.42 Å². The zero-order chi connectivity index (χ0) is 18.5. The average Bonchev–Trinajstić information content (AvgIpc) is 3.28. The Bertz CT molecular complexity index is 1020. The summed E-state index contributed by atoms with van der Waals surface area (Å²) in [6.07, 6.45) is 5.43. The molecule has 1 aromatic carbocycles. The summed E-state index contributed by atoms with van der Waals surface area (Å²) in [6.45, 7) is 1.94. The summed E-state index contributed by atoms with van der Waals surface area (Å²) < 4.78 is 7.22. The number of rotatable bonds is 3. The molecular weight excluding hydrogens is 340 g/mol. The molecule has 2 aromatic heterocycles. The molecule has 2 bridgehead atoms. The number of hydrogen-bond donors (Lipinski definition) is 0. The Kier molecular flexibility index (Phi) is 3.67. The number of nitrogens with zero attached hydrogens (tertiary/aromatic N) is 4. The molecule has 0 radical (unpaired) electrons. The topological polar surface area (TPSA) is 59.7 Å². The Labute approximate surface area is 157 Å². The molecule has 6 heteroatoms. The maximum absolute atomic E-state index is 12.4. The van der Waals surface area contributed by atoms with Crippen LogP contribution in [-0.2, 0) is 11.2 Å². The van der Waals surface area contributed by atoms with Crippen molar-refractivity contribution in [2.45, 2.75) is 44.7 Å². The fourth-order valence-electron chi connectivity index (χ4n) is 4.55. The largest absolute Gasteiger partial charge is 0.497 e. The first-order chi connectivity index (χ1) is 13.2. The van der Waals surface area contributed by atoms with Gasteiger partial charge in [-0.25, -0.2) is 9.50 Å². The van der Waals surface area contributed by atoms with E-state index in [9.17, 15) is 4.79 Å². The van der Waals surface area contributed by atoms with Gasteiger partial charge in [-0.1, -0.05) is 6.92 Å². The minimum absolute atomic E-state index is 0.150. The van der Waals surface area contributed by atoms with Crippen LogP contribution in [0.4, 0.5) is 0 Å². The van der Waals surface area contributed by atoms with Crippen molar-refractivity contribution in [1.29, 1.82) is 0 Å². The highest BCUT2D eigenvalue weighted by Gasteiger charge is 2.43. The van der Waals surface area contributed by atoms with Crippen molar-refractivity contribution in [1.82, 2.24) is 19.5 Å². The van der Waals surface area contributed by atoms with Gasteiger partial charge in [0.2, 0.25) is 5.91 Å². The van der Waals surface area contributed by atoms with Crippen LogP contribution in [-0.4, -0.2) is 38.6 Å². The zero-order valence-electron chi connectivity index (χ0n) is 15.6. The molecule has 0 unspecified atom stereocenters. The average molecular weight is 362 g/mol. The minimum Gasteiger partial charge on any atom is -0.497 e. The van der Waals surface area contributed by atoms with Crippen LogP contribution < -0.4 is 4.74 Å². The maximum atomic E-state index is 12.4. The monoisotopic (exact) mass is 362 g/mol. The molecule has 0 N–H and O–H groups in total. The first-order valence-corrected chi connectivity index (χ1v) is 9.52. The van der Waals surface area contributed by atoms with Crippen molar-refractivity contribution in [3.05, 3.63) is 47.8 Å². The summed E-state index contributed by atoms with van der Waals surface area (Å²) in [5, 5.41) is 4.85. The molecule has 4 heterocycles. The fourth-order valence-corrected chi connectivity index (χ4v) is 4.55. The van der Waals surface area contributed by atoms with Gasteiger partial charge in [0, 0.05) is 42.3 Å². The molecule has 6 nitrogen and oxygen atoms in total. The molecule has 2 aliphatic rings. The summed E-state index contributed by atoms with van der Waals surface area (Å²) in [4.78, 5) is 19.2. The summed E-state index contributed by atoms with van der Waals surface area (Å²) in [5.41, 5.74) is 5.15. The molecule has 1 saturated heterocycles. The van der Waals surface area contributed by atoms with E-state index < -0.39 is 0 Å². The molecule has 3 aromatic rings. The van der Waals surface area contributed by atoms with Gasteiger partial charge in [-0.2, -0.15) is 5.10 Å². The SMILES string of the molecule is CCC(=O)N1[C@H]2CC[C@@H]1c1cnc3cc(-c4ccc(OC)cc4)nn3c1C2. The van der Waals surface area contributed by atoms with Crippen LogP contribution in [0.1, 0.15) is 43.5 Å². The molecule has 1 amide bonds. The van der Waals surface area contributed by atoms with Crippen LogP contribution in [0.25, 0.3) is 16.9 Å². The van der Waals surface area contributed by atoms with Gasteiger partial charge in [0.05, 0.1) is 24.5 Å². The molecule has 0 saturated carbocycles. The molecule has 27 heavy (non-hydrogen) atoms. The predicted molar refractivity (Wildman–Crippen MR) is 102 cm³/mol. The van der Waals surface area contributed by atoms with Gasteiger partial charge in [0.1, 0.15) is 5.75 Å². The van der Waals surface area contributed by atoms with Crippen LogP contribution in [0, 0.1) is 0 Å². The molecule has 2 atom stereocenters. The third-order valence-electron chi connectivity index (χ3n) is 5.88. The fraction of sp³-hybridized carbons (Fsp3) is 0.381. The highest BCUT2D eigenvalue weighted by molar-refractivity contribution is 5.77. The zero-order valence-corrected chi connectivity index (χ0v) is 15.6. The first kappa shape index (κ1) is 16.3. The van der Waals surface area contributed by atoms with Crippen molar-refractivity contribution < 1.29 is 9.53 Å². The Morgan fingerprint density at radius 3 is 2.81 bits per heavy atom. The number of ether oxygens (including phenoxy) is 1. The lowest BCUT2D eigenvalue weighted by Gasteiger charge is -2.36. The van der Waals surface area contributed by atoms with Gasteiger partial charge >= 0.3 is 0 Å². The van der Waals surface area contributed by atoms with E-state index >= 15 is 0 Å². The lowest BCUT2D eigenvalue weighted by molar-refractivity contribution is -0.134. The summed E-state index contributed by atoms with van der Waals surface area (Å²) >= 11 is 0. The van der Waals surface area contributed by atoms with E-state index in [1.807, 2.05) is 48.0 Å². The van der Waals surface area contributed by atoms with Crippen LogP contribution in [0.5, 0.6) is 5.75 Å². The summed E-state index contributed by atoms with van der Waals surface area (Å²) in [5.74, 6) is 1.07. The third-order valence-corrected chi connectivity index (χ3v) is 5.88. The number of carbonyl (C=O) groups is 1. The Balaban J connectivity index is 1.58. The highest BCUT2D eigenvalue weighted by Crippen LogP contribution is 2.43. The Morgan fingerprint density at radius 2 is 2.07 bits per heavy atom. The Morgan fingerprint density at radius 1 is 1.26 bits per heavy atom. The van der Waals surface area contributed by atoms with Crippen LogP contribution >= 0.6 is 0 Å². The number of fused-ring (bicyclic) bond motifs is 6. The van der Waals surface area contributed by atoms with E-state index in [1.165, 1.54) is 5.69 Å². The van der Waals surface area contributed by atoms with Gasteiger partial charge < -0.3 is 9.64 Å². The van der Waals surface area contributed by atoms with E-state index in [1.54, 1.807) is 7.11 Å². The standard InChI is InChI=1S/C21H22N4O2/c1-3-21(26)24-14-6-9-18(24)16-12-22-20-11-17(23-25(20)19(16)10-14)13-4-7-15(27-2)8-5-13/h4-5,7-8,11-12,14,18H,3,6,9-10H2,1-2H3/t14-,18+/m0/s1. The maximum Gasteiger partial charge on any atom is 0.223 e. The van der Waals surface area contributed by atoms with Crippen molar-refractivity contribution in [2.75, 3.05) is 7.11 Å². The van der Waals surface area contributed by atoms with Crippen molar-refractivity contribution in [3.63, 3.8) is 0 Å². The van der Waals surface area contributed by atoms with E-state index in [2.05, 4.69) is 9.88 Å². The number of carbonyl (C=O) groups excluding carboxylic acids is 1. The van der Waals surface area contributed by atoms with Crippen LogP contribution in [0.3, 0.4) is 0 Å². The van der Waals surface area contributed by atoms with Crippen molar-refractivity contribution in [3.8, 4) is 17.0 Å². The van der Waals surface area contributed by atoms with E-state index in [-0.39, 0.29) is 18.0 Å². The lowest BCUT2D eigenvalue weighted by Crippen LogP contribution is -2.42. The second-order valence-electron chi connectivity index (χ2n) is 7.29. The molecule has 1 fully saturated rings. The van der Waals surface area contributed by atoms with Crippen molar-refractivity contribution in [2.24, 2.45) is 0 Å². The minimum atomic E-state index is 0.150. The van der Waals surface area contributed by atoms with Gasteiger partial charge in [-0.3, -0.25) is 4.79 Å². The number of amides is 1. The van der Waals surface area contributed by atoms with E-state index in [0.717, 1.165) is 47.5 Å². The summed E-state index contributed by atoms with van der Waals surface area (Å²) in [7, 11) is 1.66. The van der Waals surface area contributed by atoms with Crippen molar-refractivity contribution >= 4 is 11.6 Å². The van der Waals surface area contributed by atoms with Crippen LogP contribution in [0.15, 0.2) is 36.5 Å². The molecule has 0 aliphatic carbocycles. The molecular formula is C21H22N4O2. The molecule has 138 valence electrons. The second kappa shape index (κ2) is 6.08. The molecule has 5 rings (SSSR count). The highest BCUT2D eigenvalue weighted by atomic mass is 16.5. The molecule has 2 aliphatic heterocycles. The number of benzene rings is 1. The summed E-state index contributed by atoms with van der Waals surface area (Å²) in [6, 6.07) is 10.4. The van der Waals surface area contributed by atoms with Gasteiger partial charge in [0.25, 0.3) is 0 Å². The first-order valence-electron chi connectivity index (χ1n) is 9.52. The molecule has 0 spiro atoms. The second-order valence-corrected chi connectivity index (χ2v) is 7.29. The van der Waals surface area contributed by atoms with Gasteiger partial charge in [-0.05, 0) is 37.1 Å². The van der Waals surface area contributed by atoms with Gasteiger partial charge in [0.15, 0.2) is 5.65 Å². The number of methoxy groups -OCH3 is 1. The number of hydrogen-bond acceptors (Lipinski definition) is 4. The number of aromatic nitrogens is 3. The Hall–Kier alpha value is -2.89. The normalized spacial score (nSPS) is 20.7. The van der Waals surface area contributed by atoms with Gasteiger partial charge in [-0.15, -0.1) is 0 Å². The van der Waals surface area contributed by atoms with E-state index in [4.69, 9.17) is 9.84 Å². The predicted octanol–water partition coefficient (Wildman–Crippen LogP) is 3.40.